The largest absolute Gasteiger partial charge is 0.508 e. The van der Waals surface area contributed by atoms with Crippen molar-refractivity contribution in [1.29, 1.82) is 0 Å². The van der Waals surface area contributed by atoms with Crippen LogP contribution in [0.3, 0.4) is 0 Å². The van der Waals surface area contributed by atoms with Crippen LogP contribution in [0.15, 0.2) is 24.3 Å². The number of aliphatic hydroxyl groups excluding tert-OH is 7. The number of carbonyl (C=O) groups excluding carboxylic acids is 1. The van der Waals surface area contributed by atoms with Crippen LogP contribution >= 0.6 is 0 Å². The van der Waals surface area contributed by atoms with Crippen LogP contribution in [0.2, 0.25) is 0 Å². The minimum atomic E-state index is -2.31. The Morgan fingerprint density at radius 2 is 1.59 bits per heavy atom. The zero-order valence-corrected chi connectivity index (χ0v) is 16.7. The fraction of sp³-hybridized carbons (Fsp3) is 0.632. The van der Waals surface area contributed by atoms with Crippen molar-refractivity contribution in [2.24, 2.45) is 0 Å². The van der Waals surface area contributed by atoms with Crippen molar-refractivity contribution >= 4 is 5.97 Å². The Balaban J connectivity index is 1.69. The summed E-state index contributed by atoms with van der Waals surface area (Å²) < 4.78 is 21.0. The van der Waals surface area contributed by atoms with Crippen molar-refractivity contribution in [3.05, 3.63) is 29.8 Å². The Hall–Kier alpha value is -1.91. The zero-order chi connectivity index (χ0) is 23.6. The van der Waals surface area contributed by atoms with Gasteiger partial charge in [0, 0.05) is 0 Å². The molecule has 2 fully saturated rings. The van der Waals surface area contributed by atoms with E-state index in [4.69, 9.17) is 18.9 Å². The first-order chi connectivity index (χ1) is 15.1. The van der Waals surface area contributed by atoms with Gasteiger partial charge in [-0.1, -0.05) is 0 Å². The first-order valence-electron chi connectivity index (χ1n) is 9.73. The fourth-order valence-corrected chi connectivity index (χ4v) is 3.46. The molecule has 2 aliphatic heterocycles. The minimum absolute atomic E-state index is 0.0626. The van der Waals surface area contributed by atoms with Gasteiger partial charge in [-0.15, -0.1) is 0 Å². The van der Waals surface area contributed by atoms with Crippen molar-refractivity contribution in [3.63, 3.8) is 0 Å². The van der Waals surface area contributed by atoms with Crippen LogP contribution in [-0.2, 0) is 18.9 Å². The molecule has 180 valence electrons. The maximum atomic E-state index is 12.1. The average Bonchev–Trinajstić information content (AvgIpc) is 3.03. The molecule has 13 nitrogen and oxygen atoms in total. The highest BCUT2D eigenvalue weighted by molar-refractivity contribution is 5.89. The fourth-order valence-electron chi connectivity index (χ4n) is 3.46. The topological polar surface area (TPSA) is 216 Å². The second-order valence-electron chi connectivity index (χ2n) is 7.52. The molecule has 3 rings (SSSR count). The van der Waals surface area contributed by atoms with Gasteiger partial charge >= 0.3 is 5.97 Å². The second kappa shape index (κ2) is 9.93. The van der Waals surface area contributed by atoms with Crippen LogP contribution in [0.25, 0.3) is 0 Å². The van der Waals surface area contributed by atoms with E-state index < -0.39 is 80.6 Å². The number of aromatic hydroxyl groups is 1. The Morgan fingerprint density at radius 3 is 2.16 bits per heavy atom. The van der Waals surface area contributed by atoms with Crippen molar-refractivity contribution in [1.82, 2.24) is 0 Å². The standard InChI is InChI=1S/C19H26O13/c20-5-10-13(24)16(27)19(7-21,31-10)32-18-15(26)14(25)12(23)11(30-18)6-29-17(28)8-1-3-9(22)4-2-8/h1-4,10-16,18,20-27H,5-7H2. The molecule has 32 heavy (non-hydrogen) atoms. The molecule has 0 spiro atoms. The summed E-state index contributed by atoms with van der Waals surface area (Å²) >= 11 is 0. The summed E-state index contributed by atoms with van der Waals surface area (Å²) in [5, 5.41) is 79.0. The van der Waals surface area contributed by atoms with E-state index in [1.807, 2.05) is 0 Å². The summed E-state index contributed by atoms with van der Waals surface area (Å²) in [4.78, 5) is 12.1. The summed E-state index contributed by atoms with van der Waals surface area (Å²) in [6.45, 7) is -2.32. The lowest BCUT2D eigenvalue weighted by molar-refractivity contribution is -0.383. The number of aliphatic hydroxyl groups is 7. The molecule has 8 N–H and O–H groups in total. The maximum Gasteiger partial charge on any atom is 0.338 e. The van der Waals surface area contributed by atoms with E-state index in [1.54, 1.807) is 0 Å². The molecule has 1 aromatic carbocycles. The van der Waals surface area contributed by atoms with E-state index in [0.29, 0.717) is 0 Å². The van der Waals surface area contributed by atoms with Crippen molar-refractivity contribution in [3.8, 4) is 5.75 Å². The molecular weight excluding hydrogens is 436 g/mol. The van der Waals surface area contributed by atoms with Gasteiger partial charge in [0.25, 0.3) is 0 Å². The predicted molar refractivity (Wildman–Crippen MR) is 99.9 cm³/mol. The van der Waals surface area contributed by atoms with Crippen LogP contribution in [0.4, 0.5) is 0 Å². The van der Waals surface area contributed by atoms with Crippen LogP contribution < -0.4 is 0 Å². The normalized spacial score (nSPS) is 39.7. The van der Waals surface area contributed by atoms with Gasteiger partial charge in [-0.3, -0.25) is 0 Å². The number of esters is 1. The van der Waals surface area contributed by atoms with Gasteiger partial charge in [-0.25, -0.2) is 4.79 Å². The third-order valence-electron chi connectivity index (χ3n) is 5.37. The number of hydrogen-bond donors (Lipinski definition) is 8. The van der Waals surface area contributed by atoms with Crippen molar-refractivity contribution < 1.29 is 64.6 Å². The Morgan fingerprint density at radius 1 is 0.938 bits per heavy atom. The van der Waals surface area contributed by atoms with Gasteiger partial charge in [0.15, 0.2) is 6.29 Å². The predicted octanol–water partition coefficient (Wildman–Crippen LogP) is -3.83. The summed E-state index contributed by atoms with van der Waals surface area (Å²) in [6, 6.07) is 5.13. The number of rotatable bonds is 7. The quantitative estimate of drug-likeness (QED) is 0.183. The highest BCUT2D eigenvalue weighted by atomic mass is 16.8. The van der Waals surface area contributed by atoms with Gasteiger partial charge in [0.05, 0.1) is 12.2 Å². The lowest BCUT2D eigenvalue weighted by Gasteiger charge is -2.43. The van der Waals surface area contributed by atoms with Gasteiger partial charge in [-0.2, -0.15) is 0 Å². The smallest absolute Gasteiger partial charge is 0.338 e. The minimum Gasteiger partial charge on any atom is -0.508 e. The van der Waals surface area contributed by atoms with Crippen LogP contribution in [0.1, 0.15) is 10.4 Å². The molecule has 0 bridgehead atoms. The molecule has 0 saturated carbocycles. The highest BCUT2D eigenvalue weighted by Crippen LogP contribution is 2.36. The number of hydrogen-bond acceptors (Lipinski definition) is 13. The third kappa shape index (κ3) is 4.72. The summed E-state index contributed by atoms with van der Waals surface area (Å²) in [5.74, 6) is -3.20. The molecule has 2 aliphatic rings. The van der Waals surface area contributed by atoms with Crippen LogP contribution in [-0.4, -0.2) is 121 Å². The molecule has 2 saturated heterocycles. The van der Waals surface area contributed by atoms with Gasteiger partial charge in [0.1, 0.15) is 61.7 Å². The molecule has 0 amide bonds. The molecule has 9 atom stereocenters. The van der Waals surface area contributed by atoms with E-state index >= 15 is 0 Å². The third-order valence-corrected chi connectivity index (χ3v) is 5.37. The average molecular weight is 462 g/mol. The number of phenols is 1. The summed E-state index contributed by atoms with van der Waals surface area (Å²) in [6.07, 6.45) is -13.4. The summed E-state index contributed by atoms with van der Waals surface area (Å²) in [7, 11) is 0. The number of benzene rings is 1. The first kappa shape index (κ1) is 24.7. The number of ether oxygens (including phenoxy) is 4. The lowest BCUT2D eigenvalue weighted by Crippen LogP contribution is -2.62. The van der Waals surface area contributed by atoms with E-state index in [0.717, 1.165) is 0 Å². The molecule has 9 unspecified atom stereocenters. The molecule has 2 heterocycles. The maximum absolute atomic E-state index is 12.1. The molecule has 13 heteroatoms. The highest BCUT2D eigenvalue weighted by Gasteiger charge is 2.58. The van der Waals surface area contributed by atoms with Crippen LogP contribution in [0, 0.1) is 0 Å². The number of phenolic OH excluding ortho intramolecular Hbond substituents is 1. The van der Waals surface area contributed by atoms with E-state index in [1.165, 1.54) is 24.3 Å². The van der Waals surface area contributed by atoms with Gasteiger partial charge < -0.3 is 59.8 Å². The molecular formula is C19H26O13. The van der Waals surface area contributed by atoms with Gasteiger partial charge in [0.2, 0.25) is 5.79 Å². The second-order valence-corrected chi connectivity index (χ2v) is 7.52. The first-order valence-corrected chi connectivity index (χ1v) is 9.73. The number of carbonyl (C=O) groups is 1. The lowest BCUT2D eigenvalue weighted by atomic mass is 9.99. The molecule has 0 aliphatic carbocycles. The van der Waals surface area contributed by atoms with Crippen molar-refractivity contribution in [2.45, 2.75) is 54.8 Å². The van der Waals surface area contributed by atoms with Crippen molar-refractivity contribution in [2.75, 3.05) is 19.8 Å². The van der Waals surface area contributed by atoms with Crippen LogP contribution in [0.5, 0.6) is 5.75 Å². The molecule has 0 aromatic heterocycles. The monoisotopic (exact) mass is 462 g/mol. The molecule has 1 aromatic rings. The Labute approximate surface area is 181 Å². The Bertz CT molecular complexity index is 773. The Kier molecular flexibility index (Phi) is 7.67. The van der Waals surface area contributed by atoms with Gasteiger partial charge in [-0.05, 0) is 24.3 Å². The van der Waals surface area contributed by atoms with E-state index in [9.17, 15) is 45.6 Å². The SMILES string of the molecule is O=C(OCC1OC(OC2(CO)OC(CO)C(O)C2O)C(O)C(O)C1O)c1ccc(O)cc1. The van der Waals surface area contributed by atoms with E-state index in [-0.39, 0.29) is 11.3 Å². The zero-order valence-electron chi connectivity index (χ0n) is 16.7. The summed E-state index contributed by atoms with van der Waals surface area (Å²) in [5.41, 5.74) is 0.0900. The van der Waals surface area contributed by atoms with E-state index in [2.05, 4.69) is 0 Å². The molecule has 0 radical (unpaired) electrons.